The highest BCUT2D eigenvalue weighted by molar-refractivity contribution is 7.13. The third-order valence-corrected chi connectivity index (χ3v) is 2.98. The Morgan fingerprint density at radius 2 is 2.46 bits per heavy atom. The Hall–Kier alpha value is -0.740. The van der Waals surface area contributed by atoms with Gasteiger partial charge in [0, 0.05) is 12.1 Å². The zero-order valence-electron chi connectivity index (χ0n) is 7.78. The lowest BCUT2D eigenvalue weighted by Crippen LogP contribution is -2.09. The highest BCUT2D eigenvalue weighted by Gasteiger charge is 2.16. The van der Waals surface area contributed by atoms with Gasteiger partial charge < -0.3 is 5.11 Å². The molecule has 0 saturated heterocycles. The number of thiazole rings is 1. The number of rotatable bonds is 4. The molecular weight excluding hydrogens is 186 g/mol. The Kier molecular flexibility index (Phi) is 3.57. The van der Waals surface area contributed by atoms with Gasteiger partial charge >= 0.3 is 0 Å². The summed E-state index contributed by atoms with van der Waals surface area (Å²) in [5.74, 6) is 0.102. The molecule has 1 heterocycles. The molecule has 0 bridgehead atoms. The molecule has 1 N–H and O–H groups in total. The molecule has 1 unspecified atom stereocenters. The van der Waals surface area contributed by atoms with Gasteiger partial charge in [-0.15, -0.1) is 11.3 Å². The smallest absolute Gasteiger partial charge is 0.194 e. The van der Waals surface area contributed by atoms with E-state index in [1.165, 1.54) is 11.3 Å². The number of hydrogen-bond donors (Lipinski definition) is 1. The summed E-state index contributed by atoms with van der Waals surface area (Å²) in [7, 11) is 0. The fraction of sp³-hybridized carbons (Fsp3) is 0.556. The van der Waals surface area contributed by atoms with E-state index in [2.05, 4.69) is 4.98 Å². The second kappa shape index (κ2) is 4.48. The Balaban J connectivity index is 2.77. The minimum absolute atomic E-state index is 0.0256. The van der Waals surface area contributed by atoms with Crippen LogP contribution in [-0.2, 0) is 6.61 Å². The number of ketones is 1. The van der Waals surface area contributed by atoms with E-state index in [1.807, 2.05) is 13.8 Å². The summed E-state index contributed by atoms with van der Waals surface area (Å²) in [6.07, 6.45) is 2.38. The Morgan fingerprint density at radius 3 is 2.92 bits per heavy atom. The van der Waals surface area contributed by atoms with Gasteiger partial charge in [-0.25, -0.2) is 4.98 Å². The van der Waals surface area contributed by atoms with Crippen LogP contribution < -0.4 is 0 Å². The molecule has 0 aliphatic carbocycles. The van der Waals surface area contributed by atoms with E-state index < -0.39 is 0 Å². The van der Waals surface area contributed by atoms with Crippen LogP contribution in [0.5, 0.6) is 0 Å². The second-order valence-corrected chi connectivity index (χ2v) is 4.08. The third kappa shape index (κ3) is 2.35. The van der Waals surface area contributed by atoms with Crippen molar-refractivity contribution in [2.45, 2.75) is 26.9 Å². The standard InChI is InChI=1S/C9H13NO2S/c1-3-6(2)8(12)9-10-4-7(5-11)13-9/h4,6,11H,3,5H2,1-2H3. The number of aliphatic hydroxyl groups excluding tert-OH is 1. The molecule has 0 spiro atoms. The molecule has 72 valence electrons. The van der Waals surface area contributed by atoms with Gasteiger partial charge in [0.25, 0.3) is 0 Å². The van der Waals surface area contributed by atoms with E-state index in [0.717, 1.165) is 11.3 Å². The SMILES string of the molecule is CCC(C)C(=O)c1ncc(CO)s1. The molecule has 1 aromatic heterocycles. The van der Waals surface area contributed by atoms with Crippen LogP contribution in [0.3, 0.4) is 0 Å². The van der Waals surface area contributed by atoms with Crippen molar-refractivity contribution in [3.05, 3.63) is 16.1 Å². The summed E-state index contributed by atoms with van der Waals surface area (Å²) in [5, 5.41) is 9.30. The normalized spacial score (nSPS) is 12.8. The first-order valence-electron chi connectivity index (χ1n) is 4.28. The van der Waals surface area contributed by atoms with Crippen molar-refractivity contribution in [1.29, 1.82) is 0 Å². The molecule has 0 aliphatic rings. The highest BCUT2D eigenvalue weighted by Crippen LogP contribution is 2.17. The van der Waals surface area contributed by atoms with Crippen molar-refractivity contribution < 1.29 is 9.90 Å². The number of hydrogen-bond acceptors (Lipinski definition) is 4. The molecular formula is C9H13NO2S. The number of carbonyl (C=O) groups excluding carboxylic acids is 1. The van der Waals surface area contributed by atoms with Crippen LogP contribution in [0.15, 0.2) is 6.20 Å². The fourth-order valence-corrected chi connectivity index (χ4v) is 1.72. The van der Waals surface area contributed by atoms with E-state index in [0.29, 0.717) is 5.01 Å². The van der Waals surface area contributed by atoms with Gasteiger partial charge in [0.1, 0.15) is 0 Å². The zero-order chi connectivity index (χ0) is 9.84. The Morgan fingerprint density at radius 1 is 1.77 bits per heavy atom. The summed E-state index contributed by atoms with van der Waals surface area (Å²) in [6.45, 7) is 3.83. The maximum absolute atomic E-state index is 11.6. The molecule has 0 amide bonds. The van der Waals surface area contributed by atoms with Crippen molar-refractivity contribution in [1.82, 2.24) is 4.98 Å². The zero-order valence-corrected chi connectivity index (χ0v) is 8.60. The van der Waals surface area contributed by atoms with E-state index >= 15 is 0 Å². The molecule has 0 saturated carbocycles. The van der Waals surface area contributed by atoms with Crippen molar-refractivity contribution >= 4 is 17.1 Å². The maximum atomic E-state index is 11.6. The average Bonchev–Trinajstić information content (AvgIpc) is 2.63. The molecule has 1 aromatic rings. The summed E-state index contributed by atoms with van der Waals surface area (Å²) >= 11 is 1.27. The molecule has 1 rings (SSSR count). The first-order chi connectivity index (χ1) is 6.19. The first-order valence-corrected chi connectivity index (χ1v) is 5.10. The average molecular weight is 199 g/mol. The Labute approximate surface area is 81.4 Å². The predicted octanol–water partition coefficient (Wildman–Crippen LogP) is 1.86. The molecule has 0 aromatic carbocycles. The van der Waals surface area contributed by atoms with Gasteiger partial charge in [0.15, 0.2) is 10.8 Å². The van der Waals surface area contributed by atoms with Crippen LogP contribution in [0.1, 0.15) is 34.9 Å². The van der Waals surface area contributed by atoms with Crippen LogP contribution in [0.4, 0.5) is 0 Å². The minimum atomic E-state index is -0.0363. The van der Waals surface area contributed by atoms with Gasteiger partial charge in [-0.05, 0) is 6.42 Å². The third-order valence-electron chi connectivity index (χ3n) is 1.98. The van der Waals surface area contributed by atoms with Gasteiger partial charge in [-0.3, -0.25) is 4.79 Å². The molecule has 3 nitrogen and oxygen atoms in total. The van der Waals surface area contributed by atoms with Crippen molar-refractivity contribution in [3.63, 3.8) is 0 Å². The Bertz CT molecular complexity index is 296. The van der Waals surface area contributed by atoms with Gasteiger partial charge in [-0.1, -0.05) is 13.8 Å². The van der Waals surface area contributed by atoms with Crippen LogP contribution >= 0.6 is 11.3 Å². The number of Topliss-reactive ketones (excluding diaryl/α,β-unsaturated/α-hetero) is 1. The summed E-state index contributed by atoms with van der Waals surface area (Å²) in [6, 6.07) is 0. The van der Waals surface area contributed by atoms with E-state index in [-0.39, 0.29) is 18.3 Å². The van der Waals surface area contributed by atoms with Crippen LogP contribution in [0.25, 0.3) is 0 Å². The molecule has 0 radical (unpaired) electrons. The van der Waals surface area contributed by atoms with E-state index in [9.17, 15) is 4.79 Å². The number of aromatic nitrogens is 1. The van der Waals surface area contributed by atoms with Crippen LogP contribution in [0.2, 0.25) is 0 Å². The number of carbonyl (C=O) groups is 1. The molecule has 1 atom stereocenters. The predicted molar refractivity (Wildman–Crippen MR) is 51.8 cm³/mol. The topological polar surface area (TPSA) is 50.2 Å². The van der Waals surface area contributed by atoms with Crippen LogP contribution in [0, 0.1) is 5.92 Å². The lowest BCUT2D eigenvalue weighted by Gasteiger charge is -2.02. The monoisotopic (exact) mass is 199 g/mol. The van der Waals surface area contributed by atoms with Crippen molar-refractivity contribution in [2.24, 2.45) is 5.92 Å². The first kappa shape index (κ1) is 10.3. The van der Waals surface area contributed by atoms with Crippen molar-refractivity contribution in [2.75, 3.05) is 0 Å². The second-order valence-electron chi connectivity index (χ2n) is 2.96. The van der Waals surface area contributed by atoms with Crippen molar-refractivity contribution in [3.8, 4) is 0 Å². The van der Waals surface area contributed by atoms with Crippen LogP contribution in [-0.4, -0.2) is 15.9 Å². The lowest BCUT2D eigenvalue weighted by molar-refractivity contribution is 0.0927. The number of nitrogens with zero attached hydrogens (tertiary/aromatic N) is 1. The molecule has 13 heavy (non-hydrogen) atoms. The molecule has 0 aliphatic heterocycles. The summed E-state index contributed by atoms with van der Waals surface area (Å²) in [4.78, 5) is 16.3. The quantitative estimate of drug-likeness (QED) is 0.753. The van der Waals surface area contributed by atoms with E-state index in [1.54, 1.807) is 6.20 Å². The highest BCUT2D eigenvalue weighted by atomic mass is 32.1. The van der Waals surface area contributed by atoms with E-state index in [4.69, 9.17) is 5.11 Å². The van der Waals surface area contributed by atoms with Gasteiger partial charge in [-0.2, -0.15) is 0 Å². The molecule has 4 heteroatoms. The summed E-state index contributed by atoms with van der Waals surface area (Å²) in [5.41, 5.74) is 0. The maximum Gasteiger partial charge on any atom is 0.194 e. The van der Waals surface area contributed by atoms with Gasteiger partial charge in [0.05, 0.1) is 11.5 Å². The van der Waals surface area contributed by atoms with Gasteiger partial charge in [0.2, 0.25) is 0 Å². The molecule has 0 fully saturated rings. The fourth-order valence-electron chi connectivity index (χ4n) is 0.891. The largest absolute Gasteiger partial charge is 0.391 e. The minimum Gasteiger partial charge on any atom is -0.391 e. The number of aliphatic hydroxyl groups is 1. The summed E-state index contributed by atoms with van der Waals surface area (Å²) < 4.78 is 0. The lowest BCUT2D eigenvalue weighted by atomic mass is 10.0.